The number of aromatic nitrogens is 1. The third-order valence-corrected chi connectivity index (χ3v) is 4.31. The van der Waals surface area contributed by atoms with Crippen molar-refractivity contribution < 1.29 is 4.79 Å². The standard InChI is InChI=1S/C22H19N3O/c26-22(25-21-8-4-7-20-19(21)13-14-23-20)24-18-11-9-17(10-12-18)15-16-5-2-1-3-6-16/h1-14,23H,15H2,(H2,24,25,26). The van der Waals surface area contributed by atoms with Crippen LogP contribution in [-0.4, -0.2) is 11.0 Å². The minimum absolute atomic E-state index is 0.255. The van der Waals surface area contributed by atoms with Crippen LogP contribution >= 0.6 is 0 Å². The first kappa shape index (κ1) is 16.0. The molecule has 2 amide bonds. The van der Waals surface area contributed by atoms with Crippen molar-refractivity contribution in [2.75, 3.05) is 10.6 Å². The van der Waals surface area contributed by atoms with Gasteiger partial charge in [0.15, 0.2) is 0 Å². The highest BCUT2D eigenvalue weighted by atomic mass is 16.2. The molecule has 4 nitrogen and oxygen atoms in total. The van der Waals surface area contributed by atoms with E-state index in [0.29, 0.717) is 0 Å². The molecule has 0 fully saturated rings. The van der Waals surface area contributed by atoms with Crippen molar-refractivity contribution in [3.63, 3.8) is 0 Å². The fraction of sp³-hybridized carbons (Fsp3) is 0.0455. The molecule has 0 unspecified atom stereocenters. The molecule has 0 bridgehead atoms. The van der Waals surface area contributed by atoms with Crippen molar-refractivity contribution >= 4 is 28.3 Å². The average Bonchev–Trinajstić information content (AvgIpc) is 3.14. The summed E-state index contributed by atoms with van der Waals surface area (Å²) in [4.78, 5) is 15.4. The molecule has 0 radical (unpaired) electrons. The van der Waals surface area contributed by atoms with Crippen LogP contribution in [0.5, 0.6) is 0 Å². The van der Waals surface area contributed by atoms with E-state index in [0.717, 1.165) is 28.7 Å². The van der Waals surface area contributed by atoms with Crippen LogP contribution in [0.3, 0.4) is 0 Å². The van der Waals surface area contributed by atoms with Crippen molar-refractivity contribution in [2.45, 2.75) is 6.42 Å². The van der Waals surface area contributed by atoms with Crippen LogP contribution in [0.2, 0.25) is 0 Å². The van der Waals surface area contributed by atoms with Gasteiger partial charge in [0.25, 0.3) is 0 Å². The SMILES string of the molecule is O=C(Nc1ccc(Cc2ccccc2)cc1)Nc1cccc2[nH]ccc12. The molecule has 1 aromatic heterocycles. The lowest BCUT2D eigenvalue weighted by Gasteiger charge is -2.09. The Morgan fingerprint density at radius 3 is 2.35 bits per heavy atom. The third-order valence-electron chi connectivity index (χ3n) is 4.31. The van der Waals surface area contributed by atoms with Crippen molar-refractivity contribution in [1.29, 1.82) is 0 Å². The molecule has 3 N–H and O–H groups in total. The van der Waals surface area contributed by atoms with Crippen LogP contribution in [0, 0.1) is 0 Å². The zero-order valence-corrected chi connectivity index (χ0v) is 14.2. The minimum Gasteiger partial charge on any atom is -0.361 e. The van der Waals surface area contributed by atoms with Crippen LogP contribution < -0.4 is 10.6 Å². The Morgan fingerprint density at radius 2 is 1.54 bits per heavy atom. The molecule has 4 aromatic rings. The van der Waals surface area contributed by atoms with Gasteiger partial charge in [-0.3, -0.25) is 0 Å². The highest BCUT2D eigenvalue weighted by Crippen LogP contribution is 2.22. The predicted molar refractivity (Wildman–Crippen MR) is 107 cm³/mol. The van der Waals surface area contributed by atoms with E-state index in [1.807, 2.05) is 72.9 Å². The molecular formula is C22H19N3O. The Morgan fingerprint density at radius 1 is 0.769 bits per heavy atom. The summed E-state index contributed by atoms with van der Waals surface area (Å²) < 4.78 is 0. The zero-order chi connectivity index (χ0) is 17.8. The molecular weight excluding hydrogens is 322 g/mol. The fourth-order valence-electron chi connectivity index (χ4n) is 3.02. The van der Waals surface area contributed by atoms with E-state index in [1.165, 1.54) is 11.1 Å². The summed E-state index contributed by atoms with van der Waals surface area (Å²) in [5, 5.41) is 6.77. The summed E-state index contributed by atoms with van der Waals surface area (Å²) in [5.74, 6) is 0. The fourth-order valence-corrected chi connectivity index (χ4v) is 3.02. The van der Waals surface area contributed by atoms with E-state index in [-0.39, 0.29) is 6.03 Å². The van der Waals surface area contributed by atoms with Gasteiger partial charge < -0.3 is 15.6 Å². The predicted octanol–water partition coefficient (Wildman–Crippen LogP) is 5.40. The largest absolute Gasteiger partial charge is 0.361 e. The molecule has 0 aliphatic carbocycles. The van der Waals surface area contributed by atoms with E-state index < -0.39 is 0 Å². The van der Waals surface area contributed by atoms with Gasteiger partial charge in [-0.15, -0.1) is 0 Å². The number of rotatable bonds is 4. The van der Waals surface area contributed by atoms with Gasteiger partial charge >= 0.3 is 6.03 Å². The van der Waals surface area contributed by atoms with Crippen LogP contribution in [0.15, 0.2) is 85.1 Å². The lowest BCUT2D eigenvalue weighted by Crippen LogP contribution is -2.19. The molecule has 4 heteroatoms. The molecule has 128 valence electrons. The second kappa shape index (κ2) is 7.15. The van der Waals surface area contributed by atoms with E-state index in [4.69, 9.17) is 0 Å². The first-order chi connectivity index (χ1) is 12.8. The van der Waals surface area contributed by atoms with E-state index in [9.17, 15) is 4.79 Å². The molecule has 1 heterocycles. The summed E-state index contributed by atoms with van der Waals surface area (Å²) in [6, 6.07) is 25.7. The normalized spacial score (nSPS) is 10.6. The summed E-state index contributed by atoms with van der Waals surface area (Å²) in [7, 11) is 0. The number of H-pyrrole nitrogens is 1. The van der Waals surface area contributed by atoms with Crippen LogP contribution in [0.25, 0.3) is 10.9 Å². The van der Waals surface area contributed by atoms with E-state index in [2.05, 4.69) is 27.8 Å². The van der Waals surface area contributed by atoms with E-state index >= 15 is 0 Å². The lowest BCUT2D eigenvalue weighted by atomic mass is 10.0. The maximum Gasteiger partial charge on any atom is 0.323 e. The average molecular weight is 341 g/mol. The maximum absolute atomic E-state index is 12.3. The Balaban J connectivity index is 1.41. The molecule has 4 rings (SSSR count). The van der Waals surface area contributed by atoms with Gasteiger partial charge in [-0.1, -0.05) is 48.5 Å². The topological polar surface area (TPSA) is 56.9 Å². The van der Waals surface area contributed by atoms with Gasteiger partial charge in [-0.25, -0.2) is 4.79 Å². The van der Waals surface area contributed by atoms with Gasteiger partial charge in [-0.05, 0) is 47.9 Å². The lowest BCUT2D eigenvalue weighted by molar-refractivity contribution is 0.262. The molecule has 0 saturated heterocycles. The third kappa shape index (κ3) is 3.59. The van der Waals surface area contributed by atoms with Crippen molar-refractivity contribution in [1.82, 2.24) is 4.98 Å². The van der Waals surface area contributed by atoms with Crippen molar-refractivity contribution in [2.24, 2.45) is 0 Å². The molecule has 3 aromatic carbocycles. The number of hydrogen-bond donors (Lipinski definition) is 3. The number of amides is 2. The van der Waals surface area contributed by atoms with Gasteiger partial charge in [-0.2, -0.15) is 0 Å². The summed E-state index contributed by atoms with van der Waals surface area (Å²) in [5.41, 5.74) is 5.01. The van der Waals surface area contributed by atoms with Crippen LogP contribution in [0.1, 0.15) is 11.1 Å². The number of hydrogen-bond acceptors (Lipinski definition) is 1. The second-order valence-corrected chi connectivity index (χ2v) is 6.18. The van der Waals surface area contributed by atoms with Crippen molar-refractivity contribution in [3.8, 4) is 0 Å². The quantitative estimate of drug-likeness (QED) is 0.457. The summed E-state index contributed by atoms with van der Waals surface area (Å²) in [6.07, 6.45) is 2.74. The number of benzene rings is 3. The van der Waals surface area contributed by atoms with Crippen molar-refractivity contribution in [3.05, 3.63) is 96.2 Å². The number of anilines is 2. The highest BCUT2D eigenvalue weighted by molar-refractivity contribution is 6.05. The number of urea groups is 1. The highest BCUT2D eigenvalue weighted by Gasteiger charge is 2.06. The number of carbonyl (C=O) groups is 1. The number of aromatic amines is 1. The number of nitrogens with one attached hydrogen (secondary N) is 3. The molecule has 0 aliphatic rings. The molecule has 26 heavy (non-hydrogen) atoms. The van der Waals surface area contributed by atoms with E-state index in [1.54, 1.807) is 0 Å². The molecule has 0 atom stereocenters. The Labute approximate surface area is 151 Å². The van der Waals surface area contributed by atoms with Gasteiger partial charge in [0.1, 0.15) is 0 Å². The molecule has 0 saturated carbocycles. The number of carbonyl (C=O) groups excluding carboxylic acids is 1. The van der Waals surface area contributed by atoms with Crippen LogP contribution in [-0.2, 0) is 6.42 Å². The summed E-state index contributed by atoms with van der Waals surface area (Å²) >= 11 is 0. The van der Waals surface area contributed by atoms with Gasteiger partial charge in [0.2, 0.25) is 0 Å². The second-order valence-electron chi connectivity index (χ2n) is 6.18. The summed E-state index contributed by atoms with van der Waals surface area (Å²) in [6.45, 7) is 0. The van der Waals surface area contributed by atoms with Crippen LogP contribution in [0.4, 0.5) is 16.2 Å². The zero-order valence-electron chi connectivity index (χ0n) is 14.2. The molecule has 0 aliphatic heterocycles. The minimum atomic E-state index is -0.255. The first-order valence-electron chi connectivity index (χ1n) is 8.55. The van der Waals surface area contributed by atoms with Gasteiger partial charge in [0.05, 0.1) is 5.69 Å². The number of fused-ring (bicyclic) bond motifs is 1. The Bertz CT molecular complexity index is 1020. The molecule has 0 spiro atoms. The monoisotopic (exact) mass is 341 g/mol. The Kier molecular flexibility index (Phi) is 4.39. The Hall–Kier alpha value is -3.53. The maximum atomic E-state index is 12.3. The first-order valence-corrected chi connectivity index (χ1v) is 8.55. The smallest absolute Gasteiger partial charge is 0.323 e. The van der Waals surface area contributed by atoms with Gasteiger partial charge in [0, 0.05) is 22.8 Å².